The number of para-hydroxylation sites is 1. The van der Waals surface area contributed by atoms with Crippen LogP contribution in [0, 0.1) is 11.8 Å². The minimum atomic E-state index is -1.17. The summed E-state index contributed by atoms with van der Waals surface area (Å²) in [6, 6.07) is 10.2. The summed E-state index contributed by atoms with van der Waals surface area (Å²) >= 11 is 1.24. The molecule has 0 unspecified atom stereocenters. The lowest BCUT2D eigenvalue weighted by molar-refractivity contribution is -0.117. The summed E-state index contributed by atoms with van der Waals surface area (Å²) in [7, 11) is 0. The van der Waals surface area contributed by atoms with E-state index in [0.29, 0.717) is 28.8 Å². The number of pyridine rings is 1. The number of nitrogens with one attached hydrogen (secondary N) is 1. The van der Waals surface area contributed by atoms with E-state index in [9.17, 15) is 13.6 Å². The topological polar surface area (TPSA) is 72.7 Å². The van der Waals surface area contributed by atoms with Crippen LogP contribution < -0.4 is 5.32 Å². The Hall–Kier alpha value is -2.81. The maximum atomic E-state index is 13.5. The standard InChI is InChI=1S/C19H19F2N5OS/c1-4-26-16(12-10-14(20)15(21)22-11-12)24-25-18(26)28-19(2,3)17(27)23-13-8-6-5-7-9-13/h5-11H,4H2,1-3H3,(H,23,27). The van der Waals surface area contributed by atoms with Crippen molar-refractivity contribution in [1.29, 1.82) is 0 Å². The number of aromatic nitrogens is 4. The molecule has 0 fully saturated rings. The number of halogens is 2. The third-order valence-corrected chi connectivity index (χ3v) is 5.19. The smallest absolute Gasteiger partial charge is 0.248 e. The Morgan fingerprint density at radius 1 is 1.21 bits per heavy atom. The summed E-state index contributed by atoms with van der Waals surface area (Å²) < 4.78 is 27.5. The number of anilines is 1. The van der Waals surface area contributed by atoms with Gasteiger partial charge in [0, 0.05) is 24.0 Å². The molecule has 0 aliphatic carbocycles. The molecular formula is C19H19F2N5OS. The number of nitrogens with zero attached hydrogens (tertiary/aromatic N) is 4. The van der Waals surface area contributed by atoms with Crippen molar-refractivity contribution in [2.45, 2.75) is 37.2 Å². The van der Waals surface area contributed by atoms with Gasteiger partial charge in [-0.05, 0) is 39.0 Å². The van der Waals surface area contributed by atoms with E-state index in [4.69, 9.17) is 0 Å². The Kier molecular flexibility index (Phi) is 5.73. The van der Waals surface area contributed by atoms with Crippen LogP contribution in [0.25, 0.3) is 11.4 Å². The lowest BCUT2D eigenvalue weighted by atomic mass is 10.2. The molecule has 6 nitrogen and oxygen atoms in total. The monoisotopic (exact) mass is 403 g/mol. The number of carbonyl (C=O) groups is 1. The average Bonchev–Trinajstić information content (AvgIpc) is 3.06. The highest BCUT2D eigenvalue weighted by molar-refractivity contribution is 8.01. The van der Waals surface area contributed by atoms with Crippen LogP contribution in [0.4, 0.5) is 14.5 Å². The Morgan fingerprint density at radius 3 is 2.57 bits per heavy atom. The third-order valence-electron chi connectivity index (χ3n) is 4.01. The molecule has 28 heavy (non-hydrogen) atoms. The van der Waals surface area contributed by atoms with E-state index in [1.165, 1.54) is 18.0 Å². The normalized spacial score (nSPS) is 11.5. The summed E-state index contributed by atoms with van der Waals surface area (Å²) in [4.78, 5) is 16.1. The molecule has 0 atom stereocenters. The minimum Gasteiger partial charge on any atom is -0.325 e. The zero-order valence-electron chi connectivity index (χ0n) is 15.6. The maximum Gasteiger partial charge on any atom is 0.248 e. The van der Waals surface area contributed by atoms with Gasteiger partial charge in [-0.2, -0.15) is 4.39 Å². The second-order valence-electron chi connectivity index (χ2n) is 6.48. The molecule has 0 radical (unpaired) electrons. The first-order valence-corrected chi connectivity index (χ1v) is 9.43. The van der Waals surface area contributed by atoms with E-state index in [2.05, 4.69) is 20.5 Å². The number of thioether (sulfide) groups is 1. The lowest BCUT2D eigenvalue weighted by Crippen LogP contribution is -2.34. The van der Waals surface area contributed by atoms with Gasteiger partial charge in [0.25, 0.3) is 0 Å². The first kappa shape index (κ1) is 19.9. The van der Waals surface area contributed by atoms with Crippen LogP contribution in [-0.4, -0.2) is 30.4 Å². The summed E-state index contributed by atoms with van der Waals surface area (Å²) in [5, 5.41) is 11.6. The molecule has 1 amide bonds. The zero-order chi connectivity index (χ0) is 20.3. The van der Waals surface area contributed by atoms with Gasteiger partial charge in [-0.25, -0.2) is 9.37 Å². The van der Waals surface area contributed by atoms with Gasteiger partial charge in [-0.3, -0.25) is 4.79 Å². The summed E-state index contributed by atoms with van der Waals surface area (Å²) in [5.41, 5.74) is 1.01. The molecule has 2 heterocycles. The maximum absolute atomic E-state index is 13.5. The first-order valence-electron chi connectivity index (χ1n) is 8.62. The third kappa shape index (κ3) is 4.19. The fraction of sp³-hybridized carbons (Fsp3) is 0.263. The van der Waals surface area contributed by atoms with Crippen LogP contribution in [0.5, 0.6) is 0 Å². The SMILES string of the molecule is CCn1c(SC(C)(C)C(=O)Nc2ccccc2)nnc1-c1cnc(F)c(F)c1. The van der Waals surface area contributed by atoms with E-state index in [0.717, 1.165) is 6.07 Å². The van der Waals surface area contributed by atoms with Crippen molar-refractivity contribution in [3.05, 3.63) is 54.4 Å². The Balaban J connectivity index is 1.84. The van der Waals surface area contributed by atoms with E-state index >= 15 is 0 Å². The molecule has 1 aromatic carbocycles. The molecule has 1 N–H and O–H groups in total. The molecule has 0 aliphatic heterocycles. The fourth-order valence-corrected chi connectivity index (χ4v) is 3.49. The Bertz CT molecular complexity index is 991. The van der Waals surface area contributed by atoms with Crippen molar-refractivity contribution in [3.63, 3.8) is 0 Å². The Morgan fingerprint density at radius 2 is 1.93 bits per heavy atom. The average molecular weight is 403 g/mol. The first-order chi connectivity index (χ1) is 13.3. The largest absolute Gasteiger partial charge is 0.325 e. The van der Waals surface area contributed by atoms with E-state index in [1.807, 2.05) is 25.1 Å². The van der Waals surface area contributed by atoms with Crippen molar-refractivity contribution in [1.82, 2.24) is 19.7 Å². The number of benzene rings is 1. The van der Waals surface area contributed by atoms with Gasteiger partial charge in [0.15, 0.2) is 16.8 Å². The summed E-state index contributed by atoms with van der Waals surface area (Å²) in [5.74, 6) is -2.05. The minimum absolute atomic E-state index is 0.189. The number of rotatable bonds is 6. The van der Waals surface area contributed by atoms with Crippen LogP contribution in [0.3, 0.4) is 0 Å². The molecule has 0 aliphatic rings. The predicted octanol–water partition coefficient (Wildman–Crippen LogP) is 4.15. The molecule has 2 aromatic heterocycles. The number of hydrogen-bond acceptors (Lipinski definition) is 5. The van der Waals surface area contributed by atoms with Crippen molar-refractivity contribution in [2.75, 3.05) is 5.32 Å². The van der Waals surface area contributed by atoms with Crippen molar-refractivity contribution in [2.24, 2.45) is 0 Å². The second kappa shape index (κ2) is 8.05. The lowest BCUT2D eigenvalue weighted by Gasteiger charge is -2.22. The molecule has 3 rings (SSSR count). The molecule has 0 saturated carbocycles. The van der Waals surface area contributed by atoms with Gasteiger partial charge in [-0.15, -0.1) is 10.2 Å². The molecule has 0 saturated heterocycles. The molecule has 9 heteroatoms. The van der Waals surface area contributed by atoms with Crippen LogP contribution in [0.15, 0.2) is 47.8 Å². The summed E-state index contributed by atoms with van der Waals surface area (Å²) in [6.07, 6.45) is 1.20. The highest BCUT2D eigenvalue weighted by atomic mass is 32.2. The van der Waals surface area contributed by atoms with E-state index in [1.54, 1.807) is 30.5 Å². The highest BCUT2D eigenvalue weighted by Gasteiger charge is 2.32. The van der Waals surface area contributed by atoms with Crippen LogP contribution >= 0.6 is 11.8 Å². The predicted molar refractivity (Wildman–Crippen MR) is 104 cm³/mol. The van der Waals surface area contributed by atoms with Gasteiger partial charge in [-0.1, -0.05) is 30.0 Å². The van der Waals surface area contributed by atoms with Gasteiger partial charge in [0.1, 0.15) is 0 Å². The number of carbonyl (C=O) groups excluding carboxylic acids is 1. The van der Waals surface area contributed by atoms with E-state index in [-0.39, 0.29) is 5.91 Å². The van der Waals surface area contributed by atoms with Crippen molar-refractivity contribution < 1.29 is 13.6 Å². The quantitative estimate of drug-likeness (QED) is 0.495. The van der Waals surface area contributed by atoms with Crippen LogP contribution in [0.2, 0.25) is 0 Å². The molecule has 0 spiro atoms. The molecular weight excluding hydrogens is 384 g/mol. The van der Waals surface area contributed by atoms with Crippen LogP contribution in [0.1, 0.15) is 20.8 Å². The Labute approximate surface area is 165 Å². The highest BCUT2D eigenvalue weighted by Crippen LogP contribution is 2.34. The summed E-state index contributed by atoms with van der Waals surface area (Å²) in [6.45, 7) is 5.92. The van der Waals surface area contributed by atoms with Gasteiger partial charge < -0.3 is 9.88 Å². The van der Waals surface area contributed by atoms with Crippen molar-refractivity contribution >= 4 is 23.4 Å². The van der Waals surface area contributed by atoms with Gasteiger partial charge in [0.05, 0.1) is 4.75 Å². The molecule has 0 bridgehead atoms. The van der Waals surface area contributed by atoms with Gasteiger partial charge >= 0.3 is 0 Å². The zero-order valence-corrected chi connectivity index (χ0v) is 16.4. The van der Waals surface area contributed by atoms with Gasteiger partial charge in [0.2, 0.25) is 11.9 Å². The van der Waals surface area contributed by atoms with E-state index < -0.39 is 16.5 Å². The molecule has 3 aromatic rings. The number of hydrogen-bond donors (Lipinski definition) is 1. The van der Waals surface area contributed by atoms with Crippen LogP contribution in [-0.2, 0) is 11.3 Å². The number of amides is 1. The van der Waals surface area contributed by atoms with Crippen molar-refractivity contribution in [3.8, 4) is 11.4 Å². The molecule has 146 valence electrons. The second-order valence-corrected chi connectivity index (χ2v) is 8.07. The fourth-order valence-electron chi connectivity index (χ4n) is 2.48.